The molecule has 94 valence electrons. The number of benzene rings is 1. The van der Waals surface area contributed by atoms with Crippen LogP contribution in [0, 0.1) is 5.92 Å². The van der Waals surface area contributed by atoms with E-state index in [1.54, 1.807) is 6.07 Å². The predicted octanol–water partition coefficient (Wildman–Crippen LogP) is 2.74. The molecule has 0 radical (unpaired) electrons. The van der Waals surface area contributed by atoms with Crippen molar-refractivity contribution in [3.8, 4) is 0 Å². The molecule has 5 heteroatoms. The Morgan fingerprint density at radius 2 is 2.33 bits per heavy atom. The SMILES string of the molecule is CC(Nc1nc2ccc(C(=O)O)cc2o1)C1CC1. The maximum Gasteiger partial charge on any atom is 0.335 e. The molecule has 5 nitrogen and oxygen atoms in total. The van der Waals surface area contributed by atoms with Gasteiger partial charge in [-0.15, -0.1) is 0 Å². The van der Waals surface area contributed by atoms with E-state index in [9.17, 15) is 4.79 Å². The molecule has 1 aliphatic rings. The summed E-state index contributed by atoms with van der Waals surface area (Å²) in [5.41, 5.74) is 1.38. The molecule has 3 rings (SSSR count). The van der Waals surface area contributed by atoms with Crippen LogP contribution in [0.4, 0.5) is 6.01 Å². The minimum absolute atomic E-state index is 0.209. The van der Waals surface area contributed by atoms with E-state index < -0.39 is 5.97 Å². The van der Waals surface area contributed by atoms with E-state index in [0.29, 0.717) is 29.1 Å². The van der Waals surface area contributed by atoms with E-state index in [0.717, 1.165) is 0 Å². The molecule has 1 aromatic heterocycles. The average molecular weight is 246 g/mol. The van der Waals surface area contributed by atoms with Crippen LogP contribution in [0.25, 0.3) is 11.1 Å². The number of carbonyl (C=O) groups is 1. The van der Waals surface area contributed by atoms with Gasteiger partial charge in [0.1, 0.15) is 5.52 Å². The third-order valence-corrected chi connectivity index (χ3v) is 3.32. The van der Waals surface area contributed by atoms with E-state index >= 15 is 0 Å². The zero-order valence-electron chi connectivity index (χ0n) is 10.0. The summed E-state index contributed by atoms with van der Waals surface area (Å²) in [6.45, 7) is 2.11. The Balaban J connectivity index is 1.87. The average Bonchev–Trinajstić information content (AvgIpc) is 3.09. The highest BCUT2D eigenvalue weighted by atomic mass is 16.4. The van der Waals surface area contributed by atoms with E-state index in [2.05, 4.69) is 17.2 Å². The fourth-order valence-corrected chi connectivity index (χ4v) is 2.03. The van der Waals surface area contributed by atoms with Gasteiger partial charge in [-0.2, -0.15) is 4.98 Å². The van der Waals surface area contributed by atoms with Gasteiger partial charge in [0.15, 0.2) is 5.58 Å². The lowest BCUT2D eigenvalue weighted by Crippen LogP contribution is -2.17. The highest BCUT2D eigenvalue weighted by Gasteiger charge is 2.28. The summed E-state index contributed by atoms with van der Waals surface area (Å²) in [5.74, 6) is -0.260. The molecular formula is C13H14N2O3. The van der Waals surface area contributed by atoms with Crippen molar-refractivity contribution in [2.45, 2.75) is 25.8 Å². The highest BCUT2D eigenvalue weighted by Crippen LogP contribution is 2.34. The quantitative estimate of drug-likeness (QED) is 0.867. The number of oxazole rings is 1. The number of hydrogen-bond donors (Lipinski definition) is 2. The Hall–Kier alpha value is -2.04. The molecule has 1 fully saturated rings. The van der Waals surface area contributed by atoms with Crippen LogP contribution in [0.5, 0.6) is 0 Å². The van der Waals surface area contributed by atoms with Crippen LogP contribution in [0.15, 0.2) is 22.6 Å². The molecule has 0 aliphatic heterocycles. The normalized spacial score (nSPS) is 16.7. The van der Waals surface area contributed by atoms with Gasteiger partial charge in [-0.25, -0.2) is 4.79 Å². The summed E-state index contributed by atoms with van der Waals surface area (Å²) in [6.07, 6.45) is 2.50. The molecule has 1 aliphatic carbocycles. The van der Waals surface area contributed by atoms with Crippen LogP contribution in [-0.2, 0) is 0 Å². The van der Waals surface area contributed by atoms with Gasteiger partial charge in [0.2, 0.25) is 0 Å². The van der Waals surface area contributed by atoms with Crippen LogP contribution in [-0.4, -0.2) is 22.1 Å². The largest absolute Gasteiger partial charge is 0.478 e. The summed E-state index contributed by atoms with van der Waals surface area (Å²) in [6, 6.07) is 5.50. The van der Waals surface area contributed by atoms with Gasteiger partial charge in [-0.1, -0.05) is 0 Å². The van der Waals surface area contributed by atoms with Crippen molar-refractivity contribution in [2.24, 2.45) is 5.92 Å². The van der Waals surface area contributed by atoms with Crippen molar-refractivity contribution >= 4 is 23.1 Å². The second-order valence-electron chi connectivity index (χ2n) is 4.78. The number of aromatic carboxylic acids is 1. The lowest BCUT2D eigenvalue weighted by Gasteiger charge is -2.09. The van der Waals surface area contributed by atoms with Crippen molar-refractivity contribution in [1.82, 2.24) is 4.98 Å². The van der Waals surface area contributed by atoms with Crippen molar-refractivity contribution in [3.05, 3.63) is 23.8 Å². The molecule has 0 spiro atoms. The first-order valence-corrected chi connectivity index (χ1v) is 6.04. The van der Waals surface area contributed by atoms with E-state index in [4.69, 9.17) is 9.52 Å². The fraction of sp³-hybridized carbons (Fsp3) is 0.385. The van der Waals surface area contributed by atoms with Gasteiger partial charge >= 0.3 is 5.97 Å². The number of carboxylic acid groups (broad SMARTS) is 1. The second kappa shape index (κ2) is 4.01. The van der Waals surface area contributed by atoms with Crippen molar-refractivity contribution in [3.63, 3.8) is 0 Å². The lowest BCUT2D eigenvalue weighted by molar-refractivity contribution is 0.0697. The van der Waals surface area contributed by atoms with Crippen molar-refractivity contribution < 1.29 is 14.3 Å². The van der Waals surface area contributed by atoms with Gasteiger partial charge in [0.25, 0.3) is 6.01 Å². The second-order valence-corrected chi connectivity index (χ2v) is 4.78. The monoisotopic (exact) mass is 246 g/mol. The number of aromatic nitrogens is 1. The molecule has 1 unspecified atom stereocenters. The number of fused-ring (bicyclic) bond motifs is 1. The topological polar surface area (TPSA) is 75.4 Å². The molecular weight excluding hydrogens is 232 g/mol. The lowest BCUT2D eigenvalue weighted by atomic mass is 10.2. The van der Waals surface area contributed by atoms with Crippen LogP contribution < -0.4 is 5.32 Å². The van der Waals surface area contributed by atoms with Gasteiger partial charge < -0.3 is 14.8 Å². The zero-order valence-corrected chi connectivity index (χ0v) is 10.0. The van der Waals surface area contributed by atoms with Crippen LogP contribution in [0.2, 0.25) is 0 Å². The van der Waals surface area contributed by atoms with Gasteiger partial charge in [-0.3, -0.25) is 0 Å². The standard InChI is InChI=1S/C13H14N2O3/c1-7(8-2-3-8)14-13-15-10-5-4-9(12(16)17)6-11(10)18-13/h4-8H,2-3H2,1H3,(H,14,15)(H,16,17). The number of anilines is 1. The summed E-state index contributed by atoms with van der Waals surface area (Å²) >= 11 is 0. The Morgan fingerprint density at radius 1 is 1.56 bits per heavy atom. The van der Waals surface area contributed by atoms with E-state index in [1.165, 1.54) is 25.0 Å². The smallest absolute Gasteiger partial charge is 0.335 e. The molecule has 0 bridgehead atoms. The third kappa shape index (κ3) is 2.03. The molecule has 2 N–H and O–H groups in total. The summed E-state index contributed by atoms with van der Waals surface area (Å²) in [5, 5.41) is 12.1. The number of nitrogens with one attached hydrogen (secondary N) is 1. The minimum atomic E-state index is -0.964. The molecule has 1 atom stereocenters. The molecule has 0 amide bonds. The number of rotatable bonds is 4. The zero-order chi connectivity index (χ0) is 12.7. The molecule has 1 aromatic carbocycles. The first-order valence-electron chi connectivity index (χ1n) is 6.04. The highest BCUT2D eigenvalue weighted by molar-refractivity contribution is 5.92. The van der Waals surface area contributed by atoms with E-state index in [1.807, 2.05) is 0 Å². The maximum atomic E-state index is 10.8. The Kier molecular flexibility index (Phi) is 2.47. The molecule has 0 saturated heterocycles. The first-order chi connectivity index (χ1) is 8.63. The van der Waals surface area contributed by atoms with E-state index in [-0.39, 0.29) is 5.56 Å². The number of hydrogen-bond acceptors (Lipinski definition) is 4. The van der Waals surface area contributed by atoms with Gasteiger partial charge in [-0.05, 0) is 43.9 Å². The third-order valence-electron chi connectivity index (χ3n) is 3.32. The Labute approximate surface area is 104 Å². The fourth-order valence-electron chi connectivity index (χ4n) is 2.03. The molecule has 1 saturated carbocycles. The number of nitrogens with zero attached hydrogens (tertiary/aromatic N) is 1. The van der Waals surface area contributed by atoms with Crippen molar-refractivity contribution in [2.75, 3.05) is 5.32 Å². The van der Waals surface area contributed by atoms with Gasteiger partial charge in [0, 0.05) is 6.04 Å². The maximum absolute atomic E-state index is 10.8. The minimum Gasteiger partial charge on any atom is -0.478 e. The molecule has 18 heavy (non-hydrogen) atoms. The summed E-state index contributed by atoms with van der Waals surface area (Å²) < 4.78 is 5.52. The van der Waals surface area contributed by atoms with Gasteiger partial charge in [0.05, 0.1) is 5.56 Å². The summed E-state index contributed by atoms with van der Waals surface area (Å²) in [4.78, 5) is 15.1. The first kappa shape index (κ1) is 11.1. The van der Waals surface area contributed by atoms with Crippen LogP contribution in [0.1, 0.15) is 30.1 Å². The Morgan fingerprint density at radius 3 is 3.00 bits per heavy atom. The summed E-state index contributed by atoms with van der Waals surface area (Å²) in [7, 11) is 0. The van der Waals surface area contributed by atoms with Crippen molar-refractivity contribution in [1.29, 1.82) is 0 Å². The van der Waals surface area contributed by atoms with Crippen LogP contribution in [0.3, 0.4) is 0 Å². The molecule has 2 aromatic rings. The van der Waals surface area contributed by atoms with Crippen LogP contribution >= 0.6 is 0 Å². The Bertz CT molecular complexity index is 601. The predicted molar refractivity (Wildman–Crippen MR) is 66.8 cm³/mol. The number of carboxylic acids is 1. The molecule has 1 heterocycles.